The van der Waals surface area contributed by atoms with E-state index >= 15 is 0 Å². The van der Waals surface area contributed by atoms with E-state index in [1.165, 1.54) is 19.3 Å². The number of rotatable bonds is 5. The second-order valence-corrected chi connectivity index (χ2v) is 6.07. The van der Waals surface area contributed by atoms with Crippen LogP contribution in [0, 0.1) is 5.82 Å². The standard InChI is InChI=1S/C16H15BrClFN4O/c1-3-22-12-7-9(16(24)21-2)15(13(19)14(12)20)23-11-5-4-8(17)6-10(11)18/h3-7,22-23H,1,20H2,2H3,(H,21,24). The first-order valence-electron chi connectivity index (χ1n) is 6.82. The fourth-order valence-electron chi connectivity index (χ4n) is 2.06. The fraction of sp³-hybridized carbons (Fsp3) is 0.0625. The van der Waals surface area contributed by atoms with Gasteiger partial charge in [-0.25, -0.2) is 4.39 Å². The summed E-state index contributed by atoms with van der Waals surface area (Å²) >= 11 is 9.44. The summed E-state index contributed by atoms with van der Waals surface area (Å²) in [7, 11) is 1.45. The second-order valence-electron chi connectivity index (χ2n) is 4.75. The zero-order valence-corrected chi connectivity index (χ0v) is 15.1. The molecular weight excluding hydrogens is 399 g/mol. The van der Waals surface area contributed by atoms with Gasteiger partial charge in [0.05, 0.1) is 33.3 Å². The van der Waals surface area contributed by atoms with Crippen molar-refractivity contribution in [2.24, 2.45) is 0 Å². The van der Waals surface area contributed by atoms with Crippen molar-refractivity contribution in [2.75, 3.05) is 23.4 Å². The van der Waals surface area contributed by atoms with Crippen LogP contribution in [0.2, 0.25) is 5.02 Å². The maximum Gasteiger partial charge on any atom is 0.253 e. The van der Waals surface area contributed by atoms with Crippen molar-refractivity contribution in [2.45, 2.75) is 0 Å². The highest BCUT2D eigenvalue weighted by Crippen LogP contribution is 2.36. The zero-order chi connectivity index (χ0) is 17.9. The van der Waals surface area contributed by atoms with Gasteiger partial charge in [0.1, 0.15) is 0 Å². The lowest BCUT2D eigenvalue weighted by Crippen LogP contribution is -2.20. The molecule has 2 rings (SSSR count). The first-order valence-corrected chi connectivity index (χ1v) is 7.99. The van der Waals surface area contributed by atoms with Gasteiger partial charge < -0.3 is 21.7 Å². The molecule has 1 amide bonds. The summed E-state index contributed by atoms with van der Waals surface area (Å²) in [4.78, 5) is 12.1. The Morgan fingerprint density at radius 1 is 1.38 bits per heavy atom. The smallest absolute Gasteiger partial charge is 0.253 e. The molecule has 126 valence electrons. The Balaban J connectivity index is 2.60. The molecule has 8 heteroatoms. The monoisotopic (exact) mass is 412 g/mol. The molecule has 0 fully saturated rings. The highest BCUT2D eigenvalue weighted by atomic mass is 79.9. The van der Waals surface area contributed by atoms with Crippen molar-refractivity contribution >= 4 is 56.2 Å². The minimum Gasteiger partial charge on any atom is -0.395 e. The molecule has 0 aliphatic heterocycles. The number of anilines is 4. The van der Waals surface area contributed by atoms with Crippen LogP contribution in [0.1, 0.15) is 10.4 Å². The Kier molecular flexibility index (Phi) is 5.69. The SMILES string of the molecule is C=CNc1cc(C(=O)NC)c(Nc2ccc(Br)cc2Cl)c(F)c1N. The molecule has 2 aromatic rings. The third kappa shape index (κ3) is 3.63. The van der Waals surface area contributed by atoms with Crippen LogP contribution in [0.15, 0.2) is 41.5 Å². The Labute approximate surface area is 152 Å². The summed E-state index contributed by atoms with van der Waals surface area (Å²) in [6.45, 7) is 3.50. The lowest BCUT2D eigenvalue weighted by molar-refractivity contribution is 0.0963. The molecule has 0 saturated carbocycles. The van der Waals surface area contributed by atoms with Crippen molar-refractivity contribution in [3.63, 3.8) is 0 Å². The number of carbonyl (C=O) groups is 1. The summed E-state index contributed by atoms with van der Waals surface area (Å²) in [6, 6.07) is 6.49. The third-order valence-electron chi connectivity index (χ3n) is 3.22. The van der Waals surface area contributed by atoms with Gasteiger partial charge in [-0.2, -0.15) is 0 Å². The lowest BCUT2D eigenvalue weighted by Gasteiger charge is -2.17. The van der Waals surface area contributed by atoms with E-state index in [0.29, 0.717) is 10.7 Å². The number of hydrogen-bond acceptors (Lipinski definition) is 4. The number of nitrogens with two attached hydrogens (primary N) is 1. The van der Waals surface area contributed by atoms with E-state index < -0.39 is 11.7 Å². The number of amides is 1. The molecule has 0 unspecified atom stereocenters. The minimum atomic E-state index is -0.764. The summed E-state index contributed by atoms with van der Waals surface area (Å²) < 4.78 is 15.5. The number of halogens is 3. The van der Waals surface area contributed by atoms with Gasteiger partial charge in [-0.1, -0.05) is 34.1 Å². The van der Waals surface area contributed by atoms with E-state index in [0.717, 1.165) is 4.47 Å². The Morgan fingerprint density at radius 2 is 2.08 bits per heavy atom. The normalized spacial score (nSPS) is 10.2. The van der Waals surface area contributed by atoms with Crippen LogP contribution in [0.4, 0.5) is 27.1 Å². The molecule has 5 N–H and O–H groups in total. The average molecular weight is 414 g/mol. The van der Waals surface area contributed by atoms with Crippen LogP contribution in [0.3, 0.4) is 0 Å². The number of nitrogen functional groups attached to an aromatic ring is 1. The average Bonchev–Trinajstić information content (AvgIpc) is 2.55. The van der Waals surface area contributed by atoms with E-state index in [-0.39, 0.29) is 22.6 Å². The number of hydrogen-bond donors (Lipinski definition) is 4. The molecule has 0 bridgehead atoms. The molecule has 0 heterocycles. The van der Waals surface area contributed by atoms with Crippen LogP contribution < -0.4 is 21.7 Å². The summed E-state index contributed by atoms with van der Waals surface area (Å²) in [5.74, 6) is -1.24. The van der Waals surface area contributed by atoms with Crippen LogP contribution in [0.5, 0.6) is 0 Å². The maximum atomic E-state index is 14.7. The van der Waals surface area contributed by atoms with Crippen molar-refractivity contribution < 1.29 is 9.18 Å². The lowest BCUT2D eigenvalue weighted by atomic mass is 10.1. The highest BCUT2D eigenvalue weighted by molar-refractivity contribution is 9.10. The van der Waals surface area contributed by atoms with E-state index in [1.807, 2.05) is 0 Å². The Hall–Kier alpha value is -2.25. The van der Waals surface area contributed by atoms with E-state index in [9.17, 15) is 9.18 Å². The predicted octanol–water partition coefficient (Wildman–Crippen LogP) is 4.48. The van der Waals surface area contributed by atoms with Crippen LogP contribution >= 0.6 is 27.5 Å². The van der Waals surface area contributed by atoms with E-state index in [2.05, 4.69) is 38.5 Å². The molecule has 0 aliphatic carbocycles. The first-order chi connectivity index (χ1) is 11.4. The number of benzene rings is 2. The van der Waals surface area contributed by atoms with Crippen molar-refractivity contribution in [3.8, 4) is 0 Å². The van der Waals surface area contributed by atoms with Gasteiger partial charge in [-0.05, 0) is 30.5 Å². The van der Waals surface area contributed by atoms with Gasteiger partial charge in [0.2, 0.25) is 0 Å². The molecular formula is C16H15BrClFN4O. The minimum absolute atomic E-state index is 0.0642. The van der Waals surface area contributed by atoms with Crippen LogP contribution in [0.25, 0.3) is 0 Å². The van der Waals surface area contributed by atoms with Gasteiger partial charge in [0, 0.05) is 11.5 Å². The zero-order valence-electron chi connectivity index (χ0n) is 12.7. The Bertz CT molecular complexity index is 813. The molecule has 24 heavy (non-hydrogen) atoms. The molecule has 0 atom stereocenters. The number of nitrogens with one attached hydrogen (secondary N) is 3. The van der Waals surface area contributed by atoms with E-state index in [1.54, 1.807) is 18.2 Å². The number of carbonyl (C=O) groups excluding carboxylic acids is 1. The van der Waals surface area contributed by atoms with Crippen molar-refractivity contribution in [1.82, 2.24) is 5.32 Å². The molecule has 0 radical (unpaired) electrons. The summed E-state index contributed by atoms with van der Waals surface area (Å²) in [5.41, 5.74) is 6.35. The molecule has 0 aromatic heterocycles. The molecule has 0 aliphatic rings. The van der Waals surface area contributed by atoms with E-state index in [4.69, 9.17) is 17.3 Å². The van der Waals surface area contributed by atoms with Gasteiger partial charge in [-0.15, -0.1) is 0 Å². The molecule has 2 aromatic carbocycles. The van der Waals surface area contributed by atoms with Crippen molar-refractivity contribution in [1.29, 1.82) is 0 Å². The summed E-state index contributed by atoms with van der Waals surface area (Å²) in [5, 5.41) is 8.37. The Morgan fingerprint density at radius 3 is 2.67 bits per heavy atom. The van der Waals surface area contributed by atoms with Gasteiger partial charge in [0.15, 0.2) is 5.82 Å². The largest absolute Gasteiger partial charge is 0.395 e. The fourth-order valence-corrected chi connectivity index (χ4v) is 2.78. The van der Waals surface area contributed by atoms with Crippen LogP contribution in [-0.2, 0) is 0 Å². The first kappa shape index (κ1) is 18.1. The van der Waals surface area contributed by atoms with Crippen LogP contribution in [-0.4, -0.2) is 13.0 Å². The highest BCUT2D eigenvalue weighted by Gasteiger charge is 2.21. The topological polar surface area (TPSA) is 79.2 Å². The summed E-state index contributed by atoms with van der Waals surface area (Å²) in [6.07, 6.45) is 1.34. The maximum absolute atomic E-state index is 14.7. The molecule has 0 spiro atoms. The molecule has 0 saturated heterocycles. The van der Waals surface area contributed by atoms with Gasteiger partial charge in [0.25, 0.3) is 5.91 Å². The second kappa shape index (κ2) is 7.55. The van der Waals surface area contributed by atoms with Gasteiger partial charge in [-0.3, -0.25) is 4.79 Å². The molecule has 5 nitrogen and oxygen atoms in total. The third-order valence-corrected chi connectivity index (χ3v) is 4.03. The van der Waals surface area contributed by atoms with Gasteiger partial charge >= 0.3 is 0 Å². The van der Waals surface area contributed by atoms with Crippen molar-refractivity contribution in [3.05, 3.63) is 57.9 Å². The quantitative estimate of drug-likeness (QED) is 0.545. The predicted molar refractivity (Wildman–Crippen MR) is 100 cm³/mol.